The Hall–Kier alpha value is -0.0800. The molecule has 1 fully saturated rings. The van der Waals surface area contributed by atoms with Gasteiger partial charge >= 0.3 is 0 Å². The number of rotatable bonds is 3. The Morgan fingerprint density at radius 2 is 2.12 bits per heavy atom. The number of aliphatic hydroxyl groups excluding tert-OH is 2. The summed E-state index contributed by atoms with van der Waals surface area (Å²) in [6.07, 6.45) is 2.55. The Morgan fingerprint density at radius 3 is 2.50 bits per heavy atom. The van der Waals surface area contributed by atoms with Crippen LogP contribution in [0.4, 0.5) is 0 Å². The molecule has 2 heteroatoms. The number of hydrogen-bond acceptors (Lipinski definition) is 2. The van der Waals surface area contributed by atoms with Crippen molar-refractivity contribution in [2.45, 2.75) is 25.4 Å². The number of hydrogen-bond donors (Lipinski definition) is 2. The van der Waals surface area contributed by atoms with Gasteiger partial charge in [-0.1, -0.05) is 0 Å². The van der Waals surface area contributed by atoms with Crippen molar-refractivity contribution in [2.24, 2.45) is 0 Å². The summed E-state index contributed by atoms with van der Waals surface area (Å²) in [5.74, 6) is 1.39. The Kier molecular flexibility index (Phi) is 1.86. The molecule has 2 N–H and O–H groups in total. The standard InChI is InChI=1S/C6H11O2/c7-4-6(8)3-5-1-2-5/h6-8H,1-4H2/t6-/m1/s1. The van der Waals surface area contributed by atoms with Gasteiger partial charge in [-0.05, 0) is 25.2 Å². The Morgan fingerprint density at radius 1 is 1.50 bits per heavy atom. The lowest BCUT2D eigenvalue weighted by atomic mass is 10.2. The van der Waals surface area contributed by atoms with Gasteiger partial charge in [-0.25, -0.2) is 0 Å². The second-order valence-corrected chi connectivity index (χ2v) is 2.29. The predicted octanol–water partition coefficient (Wildman–Crippen LogP) is 0.0980. The maximum absolute atomic E-state index is 8.80. The summed E-state index contributed by atoms with van der Waals surface area (Å²) >= 11 is 0. The van der Waals surface area contributed by atoms with Crippen LogP contribution in [0.25, 0.3) is 0 Å². The summed E-state index contributed by atoms with van der Waals surface area (Å²) in [5, 5.41) is 17.1. The molecule has 1 rings (SSSR count). The van der Waals surface area contributed by atoms with E-state index in [4.69, 9.17) is 10.2 Å². The molecule has 1 saturated carbocycles. The molecular weight excluding hydrogens is 104 g/mol. The van der Waals surface area contributed by atoms with Crippen molar-refractivity contribution in [3.05, 3.63) is 5.92 Å². The molecule has 0 heterocycles. The highest BCUT2D eigenvalue weighted by atomic mass is 16.3. The molecule has 0 bridgehead atoms. The van der Waals surface area contributed by atoms with Crippen LogP contribution in [0.5, 0.6) is 0 Å². The van der Waals surface area contributed by atoms with Crippen molar-refractivity contribution in [3.63, 3.8) is 0 Å². The fourth-order valence-electron chi connectivity index (χ4n) is 0.690. The molecule has 1 radical (unpaired) electrons. The first-order chi connectivity index (χ1) is 3.83. The van der Waals surface area contributed by atoms with Gasteiger partial charge < -0.3 is 10.2 Å². The lowest BCUT2D eigenvalue weighted by molar-refractivity contribution is 0.0936. The summed E-state index contributed by atoms with van der Waals surface area (Å²) in [6, 6.07) is 0. The first kappa shape index (κ1) is 6.05. The molecular formula is C6H11O2. The summed E-state index contributed by atoms with van der Waals surface area (Å²) < 4.78 is 0. The third-order valence-corrected chi connectivity index (χ3v) is 1.34. The van der Waals surface area contributed by atoms with Crippen molar-refractivity contribution < 1.29 is 10.2 Å². The molecule has 0 aliphatic heterocycles. The van der Waals surface area contributed by atoms with E-state index >= 15 is 0 Å². The highest BCUT2D eigenvalue weighted by Gasteiger charge is 2.24. The quantitative estimate of drug-likeness (QED) is 0.547. The number of aliphatic hydroxyl groups is 2. The third kappa shape index (κ3) is 1.80. The Labute approximate surface area is 49.1 Å². The molecule has 8 heavy (non-hydrogen) atoms. The predicted molar refractivity (Wildman–Crippen MR) is 30.2 cm³/mol. The average molecular weight is 115 g/mol. The Balaban J connectivity index is 1.98. The van der Waals surface area contributed by atoms with Crippen LogP contribution < -0.4 is 0 Å². The summed E-state index contributed by atoms with van der Waals surface area (Å²) in [6.45, 7) is -0.0938. The van der Waals surface area contributed by atoms with Gasteiger partial charge in [-0.15, -0.1) is 0 Å². The highest BCUT2D eigenvalue weighted by molar-refractivity contribution is 5.05. The zero-order valence-corrected chi connectivity index (χ0v) is 4.80. The van der Waals surface area contributed by atoms with Crippen molar-refractivity contribution in [2.75, 3.05) is 6.61 Å². The second-order valence-electron chi connectivity index (χ2n) is 2.29. The van der Waals surface area contributed by atoms with Crippen molar-refractivity contribution in [3.8, 4) is 0 Å². The molecule has 0 aromatic rings. The van der Waals surface area contributed by atoms with Gasteiger partial charge in [0.15, 0.2) is 0 Å². The van der Waals surface area contributed by atoms with E-state index in [1.165, 1.54) is 5.92 Å². The van der Waals surface area contributed by atoms with Gasteiger partial charge in [0.05, 0.1) is 12.7 Å². The van der Waals surface area contributed by atoms with E-state index in [-0.39, 0.29) is 6.61 Å². The average Bonchev–Trinajstić information content (AvgIpc) is 2.50. The summed E-state index contributed by atoms with van der Waals surface area (Å²) in [4.78, 5) is 0. The molecule has 0 saturated heterocycles. The second kappa shape index (κ2) is 2.46. The highest BCUT2D eigenvalue weighted by Crippen LogP contribution is 2.35. The van der Waals surface area contributed by atoms with Crippen LogP contribution >= 0.6 is 0 Å². The fraction of sp³-hybridized carbons (Fsp3) is 0.833. The fourth-order valence-corrected chi connectivity index (χ4v) is 0.690. The topological polar surface area (TPSA) is 40.5 Å². The molecule has 1 atom stereocenters. The van der Waals surface area contributed by atoms with E-state index in [0.29, 0.717) is 0 Å². The molecule has 1 aliphatic rings. The smallest absolute Gasteiger partial charge is 0.0776 e. The maximum Gasteiger partial charge on any atom is 0.0776 e. The van der Waals surface area contributed by atoms with Gasteiger partial charge in [0.1, 0.15) is 0 Å². The monoisotopic (exact) mass is 115 g/mol. The molecule has 47 valence electrons. The van der Waals surface area contributed by atoms with E-state index in [0.717, 1.165) is 19.3 Å². The van der Waals surface area contributed by atoms with E-state index in [2.05, 4.69) is 0 Å². The van der Waals surface area contributed by atoms with E-state index < -0.39 is 6.10 Å². The third-order valence-electron chi connectivity index (χ3n) is 1.34. The van der Waals surface area contributed by atoms with E-state index in [1.807, 2.05) is 0 Å². The van der Waals surface area contributed by atoms with Crippen LogP contribution in [-0.2, 0) is 0 Å². The van der Waals surface area contributed by atoms with Gasteiger partial charge in [0.2, 0.25) is 0 Å². The van der Waals surface area contributed by atoms with Crippen molar-refractivity contribution >= 4 is 0 Å². The van der Waals surface area contributed by atoms with E-state index in [1.54, 1.807) is 0 Å². The molecule has 2 nitrogen and oxygen atoms in total. The van der Waals surface area contributed by atoms with Crippen LogP contribution in [-0.4, -0.2) is 22.9 Å². The van der Waals surface area contributed by atoms with Gasteiger partial charge in [0.25, 0.3) is 0 Å². The van der Waals surface area contributed by atoms with Crippen LogP contribution in [0.15, 0.2) is 0 Å². The van der Waals surface area contributed by atoms with Gasteiger partial charge in [-0.2, -0.15) is 0 Å². The largest absolute Gasteiger partial charge is 0.394 e. The maximum atomic E-state index is 8.80. The SMILES string of the molecule is OC[C@H](O)C[C]1CC1. The lowest BCUT2D eigenvalue weighted by Gasteiger charge is -2.02. The summed E-state index contributed by atoms with van der Waals surface area (Å²) in [5.41, 5.74) is 0. The first-order valence-electron chi connectivity index (χ1n) is 2.95. The van der Waals surface area contributed by atoms with Gasteiger partial charge in [0, 0.05) is 0 Å². The molecule has 0 amide bonds. The Bertz CT molecular complexity index is 68.9. The van der Waals surface area contributed by atoms with E-state index in [9.17, 15) is 0 Å². The zero-order chi connectivity index (χ0) is 5.98. The van der Waals surface area contributed by atoms with Crippen LogP contribution in [0, 0.1) is 5.92 Å². The molecule has 0 unspecified atom stereocenters. The minimum atomic E-state index is -0.493. The van der Waals surface area contributed by atoms with Crippen LogP contribution in [0.2, 0.25) is 0 Å². The summed E-state index contributed by atoms with van der Waals surface area (Å²) in [7, 11) is 0. The first-order valence-corrected chi connectivity index (χ1v) is 2.95. The normalized spacial score (nSPS) is 23.2. The zero-order valence-electron chi connectivity index (χ0n) is 4.80. The molecule has 0 spiro atoms. The molecule has 0 aromatic carbocycles. The van der Waals surface area contributed by atoms with Gasteiger partial charge in [-0.3, -0.25) is 0 Å². The van der Waals surface area contributed by atoms with Crippen LogP contribution in [0.1, 0.15) is 19.3 Å². The molecule has 1 aliphatic carbocycles. The van der Waals surface area contributed by atoms with Crippen molar-refractivity contribution in [1.29, 1.82) is 0 Å². The van der Waals surface area contributed by atoms with Crippen LogP contribution in [0.3, 0.4) is 0 Å². The lowest BCUT2D eigenvalue weighted by Crippen LogP contribution is -2.11. The molecule has 0 aromatic heterocycles. The minimum Gasteiger partial charge on any atom is -0.394 e. The minimum absolute atomic E-state index is 0.0938. The van der Waals surface area contributed by atoms with Crippen molar-refractivity contribution in [1.82, 2.24) is 0 Å².